The van der Waals surface area contributed by atoms with Crippen LogP contribution in [0, 0.1) is 0 Å². The van der Waals surface area contributed by atoms with E-state index in [1.165, 1.54) is 50.3 Å². The highest BCUT2D eigenvalue weighted by Crippen LogP contribution is 2.21. The highest BCUT2D eigenvalue weighted by Gasteiger charge is 2.05. The van der Waals surface area contributed by atoms with E-state index in [-0.39, 0.29) is 24.1 Å². The molecular weight excluding hydrogens is 268 g/mol. The quantitative estimate of drug-likeness (QED) is 0.499. The van der Waals surface area contributed by atoms with Gasteiger partial charge >= 0.3 is 5.97 Å². The van der Waals surface area contributed by atoms with Gasteiger partial charge in [-0.3, -0.25) is 4.79 Å². The number of carbonyl (C=O) groups is 1. The van der Waals surface area contributed by atoms with Gasteiger partial charge in [0.25, 0.3) is 0 Å². The summed E-state index contributed by atoms with van der Waals surface area (Å²) in [6.07, 6.45) is 8.58. The Bertz CT molecular complexity index is 409. The molecule has 0 heterocycles. The van der Waals surface area contributed by atoms with Crippen LogP contribution in [-0.4, -0.2) is 16.2 Å². The van der Waals surface area contributed by atoms with E-state index in [1.54, 1.807) is 0 Å². The molecule has 0 aliphatic carbocycles. The van der Waals surface area contributed by atoms with E-state index in [4.69, 9.17) is 4.74 Å². The van der Waals surface area contributed by atoms with Crippen molar-refractivity contribution in [2.45, 2.75) is 64.9 Å². The van der Waals surface area contributed by atoms with Gasteiger partial charge in [0, 0.05) is 12.5 Å². The van der Waals surface area contributed by atoms with Crippen molar-refractivity contribution in [3.05, 3.63) is 23.8 Å². The van der Waals surface area contributed by atoms with Crippen LogP contribution in [0.3, 0.4) is 0 Å². The Hall–Kier alpha value is -1.71. The molecule has 0 fully saturated rings. The number of hydrogen-bond acceptors (Lipinski definition) is 4. The summed E-state index contributed by atoms with van der Waals surface area (Å²) in [5.41, 5.74) is 0.584. The van der Waals surface area contributed by atoms with Crippen molar-refractivity contribution >= 4 is 5.97 Å². The van der Waals surface area contributed by atoms with E-state index in [2.05, 4.69) is 6.92 Å². The Morgan fingerprint density at radius 2 is 1.52 bits per heavy atom. The maximum absolute atomic E-state index is 11.6. The van der Waals surface area contributed by atoms with E-state index in [0.717, 1.165) is 12.8 Å². The van der Waals surface area contributed by atoms with Crippen molar-refractivity contribution in [2.24, 2.45) is 0 Å². The van der Waals surface area contributed by atoms with Crippen LogP contribution in [0.4, 0.5) is 0 Å². The van der Waals surface area contributed by atoms with Gasteiger partial charge < -0.3 is 14.9 Å². The molecule has 0 amide bonds. The van der Waals surface area contributed by atoms with E-state index < -0.39 is 0 Å². The topological polar surface area (TPSA) is 66.8 Å². The smallest absolute Gasteiger partial charge is 0.306 e. The minimum Gasteiger partial charge on any atom is -0.508 e. The zero-order chi connectivity index (χ0) is 15.5. The summed E-state index contributed by atoms with van der Waals surface area (Å²) >= 11 is 0. The Morgan fingerprint density at radius 3 is 2.14 bits per heavy atom. The second-order valence-corrected chi connectivity index (χ2v) is 5.39. The Morgan fingerprint density at radius 1 is 0.952 bits per heavy atom. The zero-order valence-corrected chi connectivity index (χ0v) is 12.8. The molecule has 0 aliphatic rings. The molecule has 1 aromatic carbocycles. The van der Waals surface area contributed by atoms with Crippen molar-refractivity contribution in [3.8, 4) is 11.5 Å². The van der Waals surface area contributed by atoms with Crippen LogP contribution in [-0.2, 0) is 16.1 Å². The van der Waals surface area contributed by atoms with Crippen molar-refractivity contribution in [1.29, 1.82) is 0 Å². The molecule has 1 rings (SSSR count). The minimum atomic E-state index is -0.230. The predicted octanol–water partition coefficient (Wildman–Crippen LogP) is 4.28. The number of hydrogen-bond donors (Lipinski definition) is 2. The number of phenolic OH excluding ortho intramolecular Hbond substituents is 2. The average Bonchev–Trinajstić information content (AvgIpc) is 2.43. The first-order valence-electron chi connectivity index (χ1n) is 7.79. The SMILES string of the molecule is CCCCCCCCCC(=O)OCc1cc(O)cc(O)c1. The minimum absolute atomic E-state index is 0.0341. The molecule has 21 heavy (non-hydrogen) atoms. The van der Waals surface area contributed by atoms with Crippen LogP contribution in [0.1, 0.15) is 63.9 Å². The third-order valence-corrected chi connectivity index (χ3v) is 3.35. The first-order valence-corrected chi connectivity index (χ1v) is 7.79. The van der Waals surface area contributed by atoms with Crippen molar-refractivity contribution < 1.29 is 19.7 Å². The predicted molar refractivity (Wildman–Crippen MR) is 82.2 cm³/mol. The summed E-state index contributed by atoms with van der Waals surface area (Å²) in [7, 11) is 0. The van der Waals surface area contributed by atoms with E-state index >= 15 is 0 Å². The highest BCUT2D eigenvalue weighted by molar-refractivity contribution is 5.69. The van der Waals surface area contributed by atoms with E-state index in [0.29, 0.717) is 12.0 Å². The molecule has 0 atom stereocenters. The van der Waals surface area contributed by atoms with Crippen LogP contribution in [0.25, 0.3) is 0 Å². The monoisotopic (exact) mass is 294 g/mol. The lowest BCUT2D eigenvalue weighted by atomic mass is 10.1. The summed E-state index contributed by atoms with van der Waals surface area (Å²) in [6.45, 7) is 2.28. The summed E-state index contributed by atoms with van der Waals surface area (Å²) in [5, 5.41) is 18.6. The second kappa shape index (κ2) is 10.1. The van der Waals surface area contributed by atoms with Crippen molar-refractivity contribution in [3.63, 3.8) is 0 Å². The number of phenols is 2. The Labute approximate surface area is 126 Å². The van der Waals surface area contributed by atoms with Gasteiger partial charge in [0.15, 0.2) is 0 Å². The first kappa shape index (κ1) is 17.3. The van der Waals surface area contributed by atoms with Crippen LogP contribution >= 0.6 is 0 Å². The number of unbranched alkanes of at least 4 members (excludes halogenated alkanes) is 6. The lowest BCUT2D eigenvalue weighted by Crippen LogP contribution is -2.04. The van der Waals surface area contributed by atoms with Gasteiger partial charge in [-0.1, -0.05) is 45.4 Å². The van der Waals surface area contributed by atoms with E-state index in [9.17, 15) is 15.0 Å². The molecule has 118 valence electrons. The molecular formula is C17H26O4. The number of ether oxygens (including phenoxy) is 1. The molecule has 0 spiro atoms. The second-order valence-electron chi connectivity index (χ2n) is 5.39. The number of rotatable bonds is 10. The number of carbonyl (C=O) groups excluding carboxylic acids is 1. The molecule has 0 saturated carbocycles. The number of aromatic hydroxyl groups is 2. The summed E-state index contributed by atoms with van der Waals surface area (Å²) in [5.74, 6) is -0.298. The van der Waals surface area contributed by atoms with Gasteiger partial charge in [-0.25, -0.2) is 0 Å². The van der Waals surface area contributed by atoms with Gasteiger partial charge in [0.2, 0.25) is 0 Å². The van der Waals surface area contributed by atoms with Crippen molar-refractivity contribution in [2.75, 3.05) is 0 Å². The molecule has 4 nitrogen and oxygen atoms in total. The third-order valence-electron chi connectivity index (χ3n) is 3.35. The molecule has 0 unspecified atom stereocenters. The maximum atomic E-state index is 11.6. The van der Waals surface area contributed by atoms with Crippen LogP contribution < -0.4 is 0 Å². The molecule has 2 N–H and O–H groups in total. The Balaban J connectivity index is 2.11. The molecule has 0 radical (unpaired) electrons. The lowest BCUT2D eigenvalue weighted by molar-refractivity contribution is -0.145. The van der Waals surface area contributed by atoms with Crippen molar-refractivity contribution in [1.82, 2.24) is 0 Å². The first-order chi connectivity index (χ1) is 10.1. The summed E-state index contributed by atoms with van der Waals surface area (Å²) < 4.78 is 5.12. The Kier molecular flexibility index (Phi) is 8.32. The molecule has 4 heteroatoms. The van der Waals surface area contributed by atoms with Gasteiger partial charge in [-0.2, -0.15) is 0 Å². The number of esters is 1. The largest absolute Gasteiger partial charge is 0.508 e. The van der Waals surface area contributed by atoms with Gasteiger partial charge in [-0.15, -0.1) is 0 Å². The summed E-state index contributed by atoms with van der Waals surface area (Å²) in [6, 6.07) is 4.19. The lowest BCUT2D eigenvalue weighted by Gasteiger charge is -2.06. The molecule has 0 aromatic heterocycles. The average molecular weight is 294 g/mol. The van der Waals surface area contributed by atoms with E-state index in [1.807, 2.05) is 0 Å². The fraction of sp³-hybridized carbons (Fsp3) is 0.588. The van der Waals surface area contributed by atoms with Crippen LogP contribution in [0.2, 0.25) is 0 Å². The third kappa shape index (κ3) is 8.23. The maximum Gasteiger partial charge on any atom is 0.306 e. The normalized spacial score (nSPS) is 10.5. The fourth-order valence-corrected chi connectivity index (χ4v) is 2.20. The van der Waals surface area contributed by atoms with Crippen LogP contribution in [0.5, 0.6) is 11.5 Å². The standard InChI is InChI=1S/C17H26O4/c1-2-3-4-5-6-7-8-9-17(20)21-13-14-10-15(18)12-16(19)11-14/h10-12,18-19H,2-9,13H2,1H3. The summed E-state index contributed by atoms with van der Waals surface area (Å²) in [4.78, 5) is 11.6. The van der Waals surface area contributed by atoms with Gasteiger partial charge in [-0.05, 0) is 24.1 Å². The molecule has 0 saturated heterocycles. The van der Waals surface area contributed by atoms with Crippen LogP contribution in [0.15, 0.2) is 18.2 Å². The number of benzene rings is 1. The fourth-order valence-electron chi connectivity index (χ4n) is 2.20. The molecule has 1 aromatic rings. The molecule has 0 aliphatic heterocycles. The highest BCUT2D eigenvalue weighted by atomic mass is 16.5. The van der Waals surface area contributed by atoms with Gasteiger partial charge in [0.05, 0.1) is 0 Å². The zero-order valence-electron chi connectivity index (χ0n) is 12.8. The van der Waals surface area contributed by atoms with Gasteiger partial charge in [0.1, 0.15) is 18.1 Å². The molecule has 0 bridgehead atoms.